The molecule has 0 unspecified atom stereocenters. The molecule has 0 heterocycles. The molecule has 0 aliphatic carbocycles. The molecule has 38 heavy (non-hydrogen) atoms. The molecule has 3 aromatic carbocycles. The summed E-state index contributed by atoms with van der Waals surface area (Å²) in [5, 5.41) is -7.70. The summed E-state index contributed by atoms with van der Waals surface area (Å²) in [6.45, 7) is 3.84. The van der Waals surface area contributed by atoms with Gasteiger partial charge in [-0.2, -0.15) is 0 Å². The lowest BCUT2D eigenvalue weighted by Gasteiger charge is -2.35. The van der Waals surface area contributed by atoms with Gasteiger partial charge in [0, 0.05) is 15.6 Å². The minimum atomic E-state index is -6.80. The van der Waals surface area contributed by atoms with E-state index in [1.54, 1.807) is 0 Å². The second kappa shape index (κ2) is 9.70. The first kappa shape index (κ1) is 29.1. The Kier molecular flexibility index (Phi) is 7.44. The van der Waals surface area contributed by atoms with E-state index in [0.717, 1.165) is 6.92 Å². The zero-order chi connectivity index (χ0) is 29.2. The van der Waals surface area contributed by atoms with Crippen LogP contribution in [0.2, 0.25) is 6.04 Å². The molecule has 16 heteroatoms. The third-order valence-corrected chi connectivity index (χ3v) is 10.5. The molecule has 0 radical (unpaired) electrons. The summed E-state index contributed by atoms with van der Waals surface area (Å²) in [5.41, 5.74) is -0.728. The highest BCUT2D eigenvalue weighted by Crippen LogP contribution is 2.31. The molecule has 0 bridgehead atoms. The predicted molar refractivity (Wildman–Crippen MR) is 103 cm³/mol. The first-order valence-electron chi connectivity index (χ1n) is 9.65. The number of rotatable bonds is 5. The fourth-order valence-electron chi connectivity index (χ4n) is 4.03. The van der Waals surface area contributed by atoms with E-state index >= 15 is 26.3 Å². The third kappa shape index (κ3) is 3.87. The Hall–Kier alpha value is -3.43. The van der Waals surface area contributed by atoms with Crippen molar-refractivity contribution in [1.82, 2.24) is 0 Å². The number of hydrogen-bond donors (Lipinski definition) is 0. The minimum Gasteiger partial charge on any atom is -0.204 e. The van der Waals surface area contributed by atoms with Gasteiger partial charge in [-0.3, -0.25) is 0 Å². The van der Waals surface area contributed by atoms with Crippen molar-refractivity contribution in [2.24, 2.45) is 0 Å². The summed E-state index contributed by atoms with van der Waals surface area (Å²) in [5.74, 6) is -44.9. The van der Waals surface area contributed by atoms with Crippen molar-refractivity contribution >= 4 is 23.6 Å². The maximum atomic E-state index is 15.1. The monoisotopic (exact) mass is 584 g/mol. The average molecular weight is 584 g/mol. The molecule has 3 rings (SSSR count). The second-order valence-corrected chi connectivity index (χ2v) is 11.5. The molecular formula is C22H7F15Si. The highest BCUT2D eigenvalue weighted by Gasteiger charge is 2.55. The number of hydrogen-bond acceptors (Lipinski definition) is 0. The summed E-state index contributed by atoms with van der Waals surface area (Å²) in [4.78, 5) is 0. The molecule has 0 saturated carbocycles. The van der Waals surface area contributed by atoms with Crippen LogP contribution in [0.3, 0.4) is 0 Å². The van der Waals surface area contributed by atoms with Crippen LogP contribution in [0.5, 0.6) is 0 Å². The van der Waals surface area contributed by atoms with Gasteiger partial charge in [0.15, 0.2) is 77.9 Å². The van der Waals surface area contributed by atoms with E-state index in [1.165, 1.54) is 0 Å². The van der Waals surface area contributed by atoms with Crippen LogP contribution in [0, 0.1) is 87.3 Å². The standard InChI is InChI=1S/C22H7F15Si/c1-4(2)3-38(20-14(32)8(26)5(23)9(27)15(20)33,21-16(34)10(28)6(24)11(29)17(21)35)22-18(36)12(30)7(25)13(31)19(22)37/h1,3H2,2H3. The smallest absolute Gasteiger partial charge is 0.200 e. The molecule has 0 aliphatic heterocycles. The lowest BCUT2D eigenvalue weighted by Crippen LogP contribution is -2.73. The van der Waals surface area contributed by atoms with Gasteiger partial charge in [-0.05, 0) is 13.0 Å². The Bertz CT molecular complexity index is 1270. The van der Waals surface area contributed by atoms with Crippen LogP contribution in [0.1, 0.15) is 6.92 Å². The third-order valence-electron chi connectivity index (χ3n) is 5.48. The Morgan fingerprint density at radius 2 is 0.553 bits per heavy atom. The Morgan fingerprint density at radius 3 is 0.711 bits per heavy atom. The fourth-order valence-corrected chi connectivity index (χ4v) is 9.12. The number of benzene rings is 3. The Morgan fingerprint density at radius 1 is 0.395 bits per heavy atom. The predicted octanol–water partition coefficient (Wildman–Crippen LogP) is 5.82. The van der Waals surface area contributed by atoms with Crippen molar-refractivity contribution in [3.05, 3.63) is 99.4 Å². The highest BCUT2D eigenvalue weighted by molar-refractivity contribution is 7.12. The lowest BCUT2D eigenvalue weighted by molar-refractivity contribution is 0.379. The molecule has 0 spiro atoms. The molecule has 3 aromatic rings. The molecule has 0 aromatic heterocycles. The van der Waals surface area contributed by atoms with Crippen LogP contribution in [-0.4, -0.2) is 8.07 Å². The summed E-state index contributed by atoms with van der Waals surface area (Å²) < 4.78 is 217. The maximum Gasteiger partial charge on any atom is 0.200 e. The summed E-state index contributed by atoms with van der Waals surface area (Å²) in [7, 11) is -6.80. The van der Waals surface area contributed by atoms with Crippen LogP contribution in [-0.2, 0) is 0 Å². The van der Waals surface area contributed by atoms with Crippen molar-refractivity contribution in [1.29, 1.82) is 0 Å². The first-order valence-corrected chi connectivity index (χ1v) is 11.9. The fraction of sp³-hybridized carbons (Fsp3) is 0.0909. The van der Waals surface area contributed by atoms with Crippen LogP contribution < -0.4 is 15.6 Å². The van der Waals surface area contributed by atoms with Gasteiger partial charge in [0.2, 0.25) is 17.5 Å². The van der Waals surface area contributed by atoms with Gasteiger partial charge in [-0.25, -0.2) is 65.9 Å². The number of halogens is 15. The van der Waals surface area contributed by atoms with Crippen molar-refractivity contribution < 1.29 is 65.9 Å². The van der Waals surface area contributed by atoms with E-state index in [1.807, 2.05) is 0 Å². The average Bonchev–Trinajstić information content (AvgIpc) is 2.85. The van der Waals surface area contributed by atoms with Gasteiger partial charge in [0.25, 0.3) is 0 Å². The minimum absolute atomic E-state index is 0.728. The van der Waals surface area contributed by atoms with E-state index in [-0.39, 0.29) is 0 Å². The quantitative estimate of drug-likeness (QED) is 0.0887. The van der Waals surface area contributed by atoms with E-state index in [0.29, 0.717) is 0 Å². The van der Waals surface area contributed by atoms with Crippen molar-refractivity contribution in [3.63, 3.8) is 0 Å². The van der Waals surface area contributed by atoms with Crippen molar-refractivity contribution in [3.8, 4) is 0 Å². The molecule has 0 saturated heterocycles. The zero-order valence-electron chi connectivity index (χ0n) is 18.1. The molecule has 204 valence electrons. The van der Waals surface area contributed by atoms with E-state index in [2.05, 4.69) is 6.58 Å². The normalized spacial score (nSPS) is 11.9. The Balaban J connectivity index is 2.91. The summed E-state index contributed by atoms with van der Waals surface area (Å²) >= 11 is 0. The molecule has 0 aliphatic rings. The molecule has 0 N–H and O–H groups in total. The van der Waals surface area contributed by atoms with E-state index < -0.39 is 123 Å². The van der Waals surface area contributed by atoms with Gasteiger partial charge in [0.1, 0.15) is 0 Å². The van der Waals surface area contributed by atoms with E-state index in [4.69, 9.17) is 0 Å². The van der Waals surface area contributed by atoms with Crippen LogP contribution >= 0.6 is 0 Å². The van der Waals surface area contributed by atoms with E-state index in [9.17, 15) is 39.5 Å². The van der Waals surface area contributed by atoms with Crippen molar-refractivity contribution in [2.45, 2.75) is 13.0 Å². The second-order valence-electron chi connectivity index (χ2n) is 7.87. The van der Waals surface area contributed by atoms with Gasteiger partial charge in [-0.1, -0.05) is 5.57 Å². The van der Waals surface area contributed by atoms with Crippen LogP contribution in [0.25, 0.3) is 0 Å². The van der Waals surface area contributed by atoms with Gasteiger partial charge in [-0.15, -0.1) is 6.58 Å². The molecule has 0 amide bonds. The first-order chi connectivity index (χ1) is 17.4. The highest BCUT2D eigenvalue weighted by atomic mass is 28.3. The van der Waals surface area contributed by atoms with Gasteiger partial charge in [0.05, 0.1) is 0 Å². The van der Waals surface area contributed by atoms with Gasteiger partial charge < -0.3 is 0 Å². The lowest BCUT2D eigenvalue weighted by atomic mass is 10.3. The zero-order valence-corrected chi connectivity index (χ0v) is 19.1. The maximum absolute atomic E-state index is 15.1. The van der Waals surface area contributed by atoms with Gasteiger partial charge >= 0.3 is 0 Å². The number of allylic oxidation sites excluding steroid dienone is 1. The molecule has 0 fully saturated rings. The summed E-state index contributed by atoms with van der Waals surface area (Å²) in [6.07, 6.45) is 0. The summed E-state index contributed by atoms with van der Waals surface area (Å²) in [6, 6.07) is -1.78. The molecule has 0 atom stereocenters. The topological polar surface area (TPSA) is 0 Å². The Labute approximate surface area is 202 Å². The van der Waals surface area contributed by atoms with Crippen LogP contribution in [0.15, 0.2) is 12.2 Å². The molecular weight excluding hydrogens is 577 g/mol. The largest absolute Gasteiger partial charge is 0.204 e. The molecule has 0 nitrogen and oxygen atoms in total. The van der Waals surface area contributed by atoms with Crippen molar-refractivity contribution in [2.75, 3.05) is 0 Å². The van der Waals surface area contributed by atoms with Crippen LogP contribution in [0.4, 0.5) is 65.9 Å². The SMILES string of the molecule is C=C(C)C[Si](c1c(F)c(F)c(F)c(F)c1F)(c1c(F)c(F)c(F)c(F)c1F)c1c(F)c(F)c(F)c(F)c1F.